The van der Waals surface area contributed by atoms with E-state index in [2.05, 4.69) is 25.8 Å². The first-order valence-electron chi connectivity index (χ1n) is 5.64. The second kappa shape index (κ2) is 5.45. The molecular weight excluding hydrogens is 348 g/mol. The van der Waals surface area contributed by atoms with E-state index in [-0.39, 0.29) is 10.7 Å². The summed E-state index contributed by atoms with van der Waals surface area (Å²) in [7, 11) is -2.26. The standard InChI is InChI=1S/C12H13BrN2O4S/c1-7-12(8(2)19-14-7)20(16,17)15-11-6-9(18-3)4-5-10(11)13/h4-6,15H,1-3H3. The summed E-state index contributed by atoms with van der Waals surface area (Å²) in [5.41, 5.74) is 0.693. The highest BCUT2D eigenvalue weighted by Crippen LogP contribution is 2.30. The van der Waals surface area contributed by atoms with Gasteiger partial charge in [-0.3, -0.25) is 4.72 Å². The summed E-state index contributed by atoms with van der Waals surface area (Å²) >= 11 is 3.29. The van der Waals surface area contributed by atoms with E-state index < -0.39 is 10.0 Å². The first kappa shape index (κ1) is 14.9. The highest BCUT2D eigenvalue weighted by atomic mass is 79.9. The van der Waals surface area contributed by atoms with E-state index in [4.69, 9.17) is 9.26 Å². The fourth-order valence-electron chi connectivity index (χ4n) is 1.76. The molecule has 1 aromatic heterocycles. The van der Waals surface area contributed by atoms with E-state index in [1.807, 2.05) is 0 Å². The molecule has 1 heterocycles. The second-order valence-corrected chi connectivity index (χ2v) is 6.58. The summed E-state index contributed by atoms with van der Waals surface area (Å²) in [5, 5.41) is 3.65. The van der Waals surface area contributed by atoms with Gasteiger partial charge < -0.3 is 9.26 Å². The van der Waals surface area contributed by atoms with Gasteiger partial charge >= 0.3 is 0 Å². The van der Waals surface area contributed by atoms with Gasteiger partial charge in [-0.25, -0.2) is 8.42 Å². The number of hydrogen-bond donors (Lipinski definition) is 1. The largest absolute Gasteiger partial charge is 0.497 e. The smallest absolute Gasteiger partial charge is 0.267 e. The molecule has 8 heteroatoms. The Hall–Kier alpha value is -1.54. The summed E-state index contributed by atoms with van der Waals surface area (Å²) in [6, 6.07) is 5.00. The number of rotatable bonds is 4. The molecule has 6 nitrogen and oxygen atoms in total. The Kier molecular flexibility index (Phi) is 4.05. The van der Waals surface area contributed by atoms with Gasteiger partial charge in [0.2, 0.25) is 0 Å². The van der Waals surface area contributed by atoms with Crippen molar-refractivity contribution in [3.05, 3.63) is 34.1 Å². The SMILES string of the molecule is COc1ccc(Br)c(NS(=O)(=O)c2c(C)noc2C)c1. The minimum absolute atomic E-state index is 0.0484. The monoisotopic (exact) mass is 360 g/mol. The molecule has 1 aromatic carbocycles. The number of hydrogen-bond acceptors (Lipinski definition) is 5. The number of methoxy groups -OCH3 is 1. The summed E-state index contributed by atoms with van der Waals surface area (Å²) < 4.78 is 37.8. The predicted octanol–water partition coefficient (Wildman–Crippen LogP) is 2.86. The Bertz CT molecular complexity index is 720. The third-order valence-corrected chi connectivity index (χ3v) is 4.95. The zero-order valence-corrected chi connectivity index (χ0v) is 13.5. The van der Waals surface area contributed by atoms with E-state index in [0.29, 0.717) is 21.6 Å². The molecular formula is C12H13BrN2O4S. The van der Waals surface area contributed by atoms with Crippen LogP contribution in [0.4, 0.5) is 5.69 Å². The zero-order valence-electron chi connectivity index (χ0n) is 11.1. The fourth-order valence-corrected chi connectivity index (χ4v) is 3.64. The molecule has 0 radical (unpaired) electrons. The second-order valence-electron chi connectivity index (χ2n) is 4.10. The number of nitrogens with zero attached hydrogens (tertiary/aromatic N) is 1. The molecule has 20 heavy (non-hydrogen) atoms. The van der Waals surface area contributed by atoms with Crippen molar-refractivity contribution in [3.8, 4) is 5.75 Å². The number of aryl methyl sites for hydroxylation is 2. The number of aromatic nitrogens is 1. The predicted molar refractivity (Wildman–Crippen MR) is 77.5 cm³/mol. The van der Waals surface area contributed by atoms with Crippen LogP contribution in [0, 0.1) is 13.8 Å². The summed E-state index contributed by atoms with van der Waals surface area (Å²) in [6.07, 6.45) is 0. The average Bonchev–Trinajstić information content (AvgIpc) is 2.72. The number of ether oxygens (including phenoxy) is 1. The molecule has 0 saturated carbocycles. The lowest BCUT2D eigenvalue weighted by Gasteiger charge is -2.10. The highest BCUT2D eigenvalue weighted by molar-refractivity contribution is 9.10. The molecule has 0 spiro atoms. The van der Waals surface area contributed by atoms with Crippen LogP contribution in [0.25, 0.3) is 0 Å². The Morgan fingerprint density at radius 3 is 2.60 bits per heavy atom. The van der Waals surface area contributed by atoms with Gasteiger partial charge in [0.15, 0.2) is 10.7 Å². The molecule has 0 aliphatic rings. The van der Waals surface area contributed by atoms with Gasteiger partial charge in [0, 0.05) is 10.5 Å². The van der Waals surface area contributed by atoms with Crippen LogP contribution >= 0.6 is 15.9 Å². The quantitative estimate of drug-likeness (QED) is 0.906. The summed E-state index contributed by atoms with van der Waals surface area (Å²) in [4.78, 5) is 0.0484. The van der Waals surface area contributed by atoms with Gasteiger partial charge in [0.1, 0.15) is 11.4 Å². The summed E-state index contributed by atoms with van der Waals surface area (Å²) in [6.45, 7) is 3.13. The van der Waals surface area contributed by atoms with Gasteiger partial charge in [-0.2, -0.15) is 0 Å². The van der Waals surface area contributed by atoms with Crippen LogP contribution in [0.3, 0.4) is 0 Å². The van der Waals surface area contributed by atoms with Gasteiger partial charge in [0.05, 0.1) is 12.8 Å². The molecule has 0 fully saturated rings. The van der Waals surface area contributed by atoms with Crippen LogP contribution in [-0.4, -0.2) is 20.7 Å². The first-order valence-corrected chi connectivity index (χ1v) is 7.92. The van der Waals surface area contributed by atoms with Crippen molar-refractivity contribution in [2.75, 3.05) is 11.8 Å². The topological polar surface area (TPSA) is 81.4 Å². The number of anilines is 1. The lowest BCUT2D eigenvalue weighted by Crippen LogP contribution is -2.14. The molecule has 0 amide bonds. The van der Waals surface area contributed by atoms with Crippen molar-refractivity contribution in [1.29, 1.82) is 0 Å². The Balaban J connectivity index is 2.43. The van der Waals surface area contributed by atoms with Gasteiger partial charge in [0.25, 0.3) is 10.0 Å². The third-order valence-electron chi connectivity index (χ3n) is 2.65. The number of nitrogens with one attached hydrogen (secondary N) is 1. The molecule has 0 aliphatic carbocycles. The Morgan fingerprint density at radius 1 is 1.35 bits per heavy atom. The molecule has 0 unspecified atom stereocenters. The van der Waals surface area contributed by atoms with Crippen LogP contribution in [-0.2, 0) is 10.0 Å². The maximum atomic E-state index is 12.4. The number of halogens is 1. The van der Waals surface area contributed by atoms with E-state index in [9.17, 15) is 8.42 Å². The van der Waals surface area contributed by atoms with Crippen molar-refractivity contribution in [2.45, 2.75) is 18.7 Å². The van der Waals surface area contributed by atoms with E-state index in [0.717, 1.165) is 0 Å². The van der Waals surface area contributed by atoms with Crippen molar-refractivity contribution < 1.29 is 17.7 Å². The normalized spacial score (nSPS) is 11.4. The number of benzene rings is 1. The van der Waals surface area contributed by atoms with Crippen LogP contribution in [0.15, 0.2) is 32.1 Å². The molecule has 0 aliphatic heterocycles. The van der Waals surface area contributed by atoms with E-state index >= 15 is 0 Å². The fraction of sp³-hybridized carbons (Fsp3) is 0.250. The lowest BCUT2D eigenvalue weighted by molar-refractivity contribution is 0.390. The van der Waals surface area contributed by atoms with Crippen LogP contribution in [0.2, 0.25) is 0 Å². The Labute approximate surface area is 125 Å². The van der Waals surface area contributed by atoms with Crippen LogP contribution in [0.1, 0.15) is 11.5 Å². The molecule has 0 saturated heterocycles. The van der Waals surface area contributed by atoms with Crippen LogP contribution < -0.4 is 9.46 Å². The molecule has 2 aromatic rings. The maximum absolute atomic E-state index is 12.4. The van der Waals surface area contributed by atoms with Gasteiger partial charge in [-0.1, -0.05) is 5.16 Å². The number of sulfonamides is 1. The van der Waals surface area contributed by atoms with Crippen molar-refractivity contribution >= 4 is 31.6 Å². The molecule has 0 bridgehead atoms. The zero-order chi connectivity index (χ0) is 14.9. The minimum atomic E-state index is -3.77. The van der Waals surface area contributed by atoms with Gasteiger partial charge in [-0.05, 0) is 41.9 Å². The van der Waals surface area contributed by atoms with Crippen molar-refractivity contribution in [2.24, 2.45) is 0 Å². The maximum Gasteiger partial charge on any atom is 0.267 e. The molecule has 0 atom stereocenters. The van der Waals surface area contributed by atoms with E-state index in [1.54, 1.807) is 32.0 Å². The third kappa shape index (κ3) is 2.80. The van der Waals surface area contributed by atoms with E-state index in [1.165, 1.54) is 7.11 Å². The van der Waals surface area contributed by atoms with Crippen molar-refractivity contribution in [1.82, 2.24) is 5.16 Å². The van der Waals surface area contributed by atoms with Gasteiger partial charge in [-0.15, -0.1) is 0 Å². The molecule has 108 valence electrons. The minimum Gasteiger partial charge on any atom is -0.497 e. The Morgan fingerprint density at radius 2 is 2.05 bits per heavy atom. The highest BCUT2D eigenvalue weighted by Gasteiger charge is 2.25. The first-order chi connectivity index (χ1) is 9.35. The van der Waals surface area contributed by atoms with Crippen molar-refractivity contribution in [3.63, 3.8) is 0 Å². The lowest BCUT2D eigenvalue weighted by atomic mass is 10.3. The van der Waals surface area contributed by atoms with Crippen LogP contribution in [0.5, 0.6) is 5.75 Å². The molecule has 2 rings (SSSR count). The average molecular weight is 361 g/mol. The summed E-state index contributed by atoms with van der Waals surface area (Å²) in [5.74, 6) is 0.790. The molecule has 1 N–H and O–H groups in total.